The summed E-state index contributed by atoms with van der Waals surface area (Å²) in [5.41, 5.74) is 2.01. The molecule has 1 heterocycles. The molecule has 25 heavy (non-hydrogen) atoms. The molecule has 0 aliphatic carbocycles. The summed E-state index contributed by atoms with van der Waals surface area (Å²) in [4.78, 5) is 0. The van der Waals surface area contributed by atoms with Crippen molar-refractivity contribution in [2.45, 2.75) is 12.8 Å². The fourth-order valence-electron chi connectivity index (χ4n) is 1.83. The molecule has 2 aromatic carbocycles. The maximum atomic E-state index is 8.35. The van der Waals surface area contributed by atoms with Gasteiger partial charge in [0.2, 0.25) is 0 Å². The summed E-state index contributed by atoms with van der Waals surface area (Å²) in [6, 6.07) is 19.5. The van der Waals surface area contributed by atoms with E-state index in [9.17, 15) is 0 Å². The van der Waals surface area contributed by atoms with Crippen molar-refractivity contribution in [3.8, 4) is 23.7 Å². The first-order chi connectivity index (χ1) is 12.4. The minimum Gasteiger partial charge on any atom is -0.384 e. The van der Waals surface area contributed by atoms with Gasteiger partial charge in [0.1, 0.15) is 6.61 Å². The summed E-state index contributed by atoms with van der Waals surface area (Å²) in [7, 11) is 0. The van der Waals surface area contributed by atoms with Gasteiger partial charge < -0.3 is 9.84 Å². The van der Waals surface area contributed by atoms with Crippen molar-refractivity contribution >= 4 is 15.9 Å². The highest BCUT2D eigenvalue weighted by Gasteiger charge is 1.94. The van der Waals surface area contributed by atoms with E-state index in [0.717, 1.165) is 29.7 Å². The lowest BCUT2D eigenvalue weighted by Gasteiger charge is -1.84. The Hall–Kier alpha value is -2.04. The van der Waals surface area contributed by atoms with Crippen molar-refractivity contribution in [3.63, 3.8) is 0 Å². The third-order valence-electron chi connectivity index (χ3n) is 2.99. The van der Waals surface area contributed by atoms with Crippen molar-refractivity contribution in [1.29, 1.82) is 0 Å². The fraction of sp³-hybridized carbons (Fsp3) is 0.273. The number of ether oxygens (including phenoxy) is 1. The third-order valence-corrected chi connectivity index (χ3v) is 3.27. The molecular formula is C22H23BrO2. The Morgan fingerprint density at radius 3 is 1.64 bits per heavy atom. The van der Waals surface area contributed by atoms with E-state index in [2.05, 4.69) is 39.6 Å². The van der Waals surface area contributed by atoms with Gasteiger partial charge in [-0.1, -0.05) is 76.0 Å². The van der Waals surface area contributed by atoms with Crippen LogP contribution in [0.15, 0.2) is 60.7 Å². The highest BCUT2D eigenvalue weighted by atomic mass is 79.9. The summed E-state index contributed by atoms with van der Waals surface area (Å²) in [6.45, 7) is 1.93. The molecule has 0 spiro atoms. The Kier molecular flexibility index (Phi) is 13.0. The van der Waals surface area contributed by atoms with Crippen molar-refractivity contribution in [3.05, 3.63) is 71.8 Å². The summed E-state index contributed by atoms with van der Waals surface area (Å²) < 4.78 is 4.94. The largest absolute Gasteiger partial charge is 0.384 e. The molecular weight excluding hydrogens is 376 g/mol. The Balaban J connectivity index is 0.000000198. The summed E-state index contributed by atoms with van der Waals surface area (Å²) in [6.07, 6.45) is 2.56. The summed E-state index contributed by atoms with van der Waals surface area (Å²) in [5.74, 6) is 11.3. The Labute approximate surface area is 159 Å². The van der Waals surface area contributed by atoms with E-state index in [1.165, 1.54) is 12.8 Å². The van der Waals surface area contributed by atoms with E-state index < -0.39 is 0 Å². The summed E-state index contributed by atoms with van der Waals surface area (Å²) >= 11 is 3.23. The molecule has 1 aliphatic heterocycles. The number of benzene rings is 2. The van der Waals surface area contributed by atoms with Crippen LogP contribution in [-0.4, -0.2) is 30.3 Å². The standard InChI is InChI=1S/C9H7Br.C9H8O.C4H8O/c2*10-8-4-7-9-5-2-1-3-6-9;1-2-4-5-3-1/h1-3,5-6H,8H2;1-3,5-6,10H,8H2;1-4H2. The van der Waals surface area contributed by atoms with Gasteiger partial charge in [-0.2, -0.15) is 0 Å². The zero-order chi connectivity index (χ0) is 18.0. The van der Waals surface area contributed by atoms with Crippen LogP contribution in [0.4, 0.5) is 0 Å². The van der Waals surface area contributed by atoms with Crippen LogP contribution in [-0.2, 0) is 4.74 Å². The molecule has 1 saturated heterocycles. The van der Waals surface area contributed by atoms with Crippen LogP contribution in [0, 0.1) is 23.7 Å². The maximum Gasteiger partial charge on any atom is 0.104 e. The van der Waals surface area contributed by atoms with E-state index in [-0.39, 0.29) is 6.61 Å². The molecule has 0 bridgehead atoms. The SMILES string of the molecule is BrCC#Cc1ccccc1.C1CCOC1.OCC#Cc1ccccc1. The lowest BCUT2D eigenvalue weighted by atomic mass is 10.2. The smallest absolute Gasteiger partial charge is 0.104 e. The van der Waals surface area contributed by atoms with Crippen LogP contribution < -0.4 is 0 Å². The molecule has 3 heteroatoms. The van der Waals surface area contributed by atoms with Crippen molar-refractivity contribution in [2.75, 3.05) is 25.2 Å². The zero-order valence-corrected chi connectivity index (χ0v) is 15.8. The van der Waals surface area contributed by atoms with E-state index in [0.29, 0.717) is 0 Å². The first-order valence-corrected chi connectivity index (χ1v) is 9.31. The monoisotopic (exact) mass is 398 g/mol. The second-order valence-electron chi connectivity index (χ2n) is 4.95. The quantitative estimate of drug-likeness (QED) is 0.530. The average Bonchev–Trinajstić information content (AvgIpc) is 3.27. The molecule has 0 saturated carbocycles. The number of aliphatic hydroxyl groups is 1. The normalized spacial score (nSPS) is 11.3. The number of alkyl halides is 1. The molecule has 3 rings (SSSR count). The van der Waals surface area contributed by atoms with Gasteiger partial charge in [0.15, 0.2) is 0 Å². The van der Waals surface area contributed by atoms with Crippen molar-refractivity contribution in [2.24, 2.45) is 0 Å². The molecule has 1 N–H and O–H groups in total. The predicted octanol–water partition coefficient (Wildman–Crippen LogP) is 4.26. The van der Waals surface area contributed by atoms with Gasteiger partial charge in [-0.15, -0.1) is 0 Å². The fourth-order valence-corrected chi connectivity index (χ4v) is 1.97. The van der Waals surface area contributed by atoms with Crippen LogP contribution in [0.3, 0.4) is 0 Å². The second-order valence-corrected chi connectivity index (χ2v) is 5.51. The minimum absolute atomic E-state index is 0.0745. The van der Waals surface area contributed by atoms with Gasteiger partial charge in [0.25, 0.3) is 0 Å². The molecule has 1 fully saturated rings. The van der Waals surface area contributed by atoms with Crippen LogP contribution in [0.1, 0.15) is 24.0 Å². The maximum absolute atomic E-state index is 8.35. The van der Waals surface area contributed by atoms with E-state index in [1.54, 1.807) is 0 Å². The van der Waals surface area contributed by atoms with Gasteiger partial charge in [0, 0.05) is 24.3 Å². The van der Waals surface area contributed by atoms with Gasteiger partial charge in [-0.3, -0.25) is 0 Å². The van der Waals surface area contributed by atoms with Crippen LogP contribution in [0.2, 0.25) is 0 Å². The van der Waals surface area contributed by atoms with E-state index in [4.69, 9.17) is 9.84 Å². The molecule has 2 nitrogen and oxygen atoms in total. The topological polar surface area (TPSA) is 29.5 Å². The predicted molar refractivity (Wildman–Crippen MR) is 108 cm³/mol. The molecule has 2 aromatic rings. The number of hydrogen-bond acceptors (Lipinski definition) is 2. The highest BCUT2D eigenvalue weighted by Crippen LogP contribution is 1.98. The molecule has 130 valence electrons. The van der Waals surface area contributed by atoms with E-state index >= 15 is 0 Å². The van der Waals surface area contributed by atoms with Crippen LogP contribution in [0.25, 0.3) is 0 Å². The van der Waals surface area contributed by atoms with Gasteiger partial charge in [0.05, 0.1) is 5.33 Å². The number of aliphatic hydroxyl groups excluding tert-OH is 1. The molecule has 0 amide bonds. The molecule has 1 aliphatic rings. The number of rotatable bonds is 0. The summed E-state index contributed by atoms with van der Waals surface area (Å²) in [5, 5.41) is 9.09. The first-order valence-electron chi connectivity index (χ1n) is 8.19. The molecule has 0 unspecified atom stereocenters. The third kappa shape index (κ3) is 12.0. The Morgan fingerprint density at radius 1 is 0.800 bits per heavy atom. The van der Waals surface area contributed by atoms with Crippen LogP contribution in [0.5, 0.6) is 0 Å². The van der Waals surface area contributed by atoms with Crippen molar-refractivity contribution in [1.82, 2.24) is 0 Å². The molecule has 0 aromatic heterocycles. The minimum atomic E-state index is -0.0745. The lowest BCUT2D eigenvalue weighted by Crippen LogP contribution is -1.74. The van der Waals surface area contributed by atoms with Gasteiger partial charge in [-0.05, 0) is 37.1 Å². The zero-order valence-electron chi connectivity index (χ0n) is 14.2. The van der Waals surface area contributed by atoms with Crippen LogP contribution >= 0.6 is 15.9 Å². The molecule has 0 radical (unpaired) electrons. The highest BCUT2D eigenvalue weighted by molar-refractivity contribution is 9.09. The number of halogens is 1. The Bertz CT molecular complexity index is 607. The second kappa shape index (κ2) is 15.5. The number of hydrogen-bond donors (Lipinski definition) is 1. The van der Waals surface area contributed by atoms with Gasteiger partial charge in [-0.25, -0.2) is 0 Å². The van der Waals surface area contributed by atoms with Gasteiger partial charge >= 0.3 is 0 Å². The van der Waals surface area contributed by atoms with Crippen molar-refractivity contribution < 1.29 is 9.84 Å². The first kappa shape index (κ1) is 21.0. The molecule has 0 atom stereocenters. The average molecular weight is 399 g/mol. The van der Waals surface area contributed by atoms with E-state index in [1.807, 2.05) is 60.7 Å². The Morgan fingerprint density at radius 2 is 1.28 bits per heavy atom. The lowest BCUT2D eigenvalue weighted by molar-refractivity contribution is 0.198.